The Bertz CT molecular complexity index is 1100. The highest BCUT2D eigenvalue weighted by Gasteiger charge is 2.10. The fourth-order valence-corrected chi connectivity index (χ4v) is 3.99. The molecule has 0 aromatic heterocycles. The number of hydrazone groups is 1. The van der Waals surface area contributed by atoms with Crippen LogP contribution in [-0.4, -0.2) is 23.7 Å². The molecule has 0 bridgehead atoms. The third-order valence-corrected chi connectivity index (χ3v) is 5.25. The van der Waals surface area contributed by atoms with Crippen LogP contribution in [0, 0.1) is 10.1 Å². The Kier molecular flexibility index (Phi) is 8.34. The van der Waals surface area contributed by atoms with E-state index in [9.17, 15) is 14.9 Å². The standard InChI is InChI=1S/C22H17Br2N3O5/c23-19-10-16(12-25-26-21(28)14-31-18-4-2-1-3-5-18)11-20(24)22(19)32-13-15-6-8-17(9-7-15)27(29)30/h1-12H,13-14H2,(H,26,28)/b25-12-. The minimum atomic E-state index is -0.448. The summed E-state index contributed by atoms with van der Waals surface area (Å²) in [4.78, 5) is 22.1. The number of rotatable bonds is 9. The van der Waals surface area contributed by atoms with Gasteiger partial charge in [0.15, 0.2) is 6.61 Å². The number of non-ortho nitro benzene ring substituents is 1. The van der Waals surface area contributed by atoms with Gasteiger partial charge >= 0.3 is 0 Å². The van der Waals surface area contributed by atoms with Crippen molar-refractivity contribution in [2.24, 2.45) is 5.10 Å². The number of ether oxygens (including phenoxy) is 2. The van der Waals surface area contributed by atoms with Gasteiger partial charge in [0, 0.05) is 12.1 Å². The minimum absolute atomic E-state index is 0.0264. The number of halogens is 2. The third kappa shape index (κ3) is 6.89. The number of carbonyl (C=O) groups is 1. The molecule has 1 N–H and O–H groups in total. The predicted octanol–water partition coefficient (Wildman–Crippen LogP) is 5.23. The van der Waals surface area contributed by atoms with Crippen molar-refractivity contribution in [1.82, 2.24) is 5.43 Å². The molecule has 1 amide bonds. The largest absolute Gasteiger partial charge is 0.487 e. The number of nitrogens with zero attached hydrogens (tertiary/aromatic N) is 2. The van der Waals surface area contributed by atoms with Crippen LogP contribution in [0.5, 0.6) is 11.5 Å². The molecule has 8 nitrogen and oxygen atoms in total. The van der Waals surface area contributed by atoms with Crippen molar-refractivity contribution in [2.75, 3.05) is 6.61 Å². The van der Waals surface area contributed by atoms with Gasteiger partial charge in [-0.2, -0.15) is 5.10 Å². The van der Waals surface area contributed by atoms with Crippen LogP contribution in [0.4, 0.5) is 5.69 Å². The number of amides is 1. The van der Waals surface area contributed by atoms with Gasteiger partial charge in [0.1, 0.15) is 18.1 Å². The van der Waals surface area contributed by atoms with E-state index in [1.807, 2.05) is 18.2 Å². The maximum Gasteiger partial charge on any atom is 0.277 e. The summed E-state index contributed by atoms with van der Waals surface area (Å²) in [6.07, 6.45) is 1.50. The first-order valence-corrected chi connectivity index (χ1v) is 10.9. The second-order valence-electron chi connectivity index (χ2n) is 6.42. The van der Waals surface area contributed by atoms with Crippen molar-refractivity contribution in [2.45, 2.75) is 6.61 Å². The quantitative estimate of drug-likeness (QED) is 0.218. The van der Waals surface area contributed by atoms with Gasteiger partial charge in [-0.25, -0.2) is 5.43 Å². The molecule has 0 heterocycles. The maximum absolute atomic E-state index is 11.8. The van der Waals surface area contributed by atoms with Gasteiger partial charge in [0.2, 0.25) is 0 Å². The third-order valence-electron chi connectivity index (χ3n) is 4.07. The van der Waals surface area contributed by atoms with E-state index in [2.05, 4.69) is 42.4 Å². The van der Waals surface area contributed by atoms with Crippen LogP contribution in [-0.2, 0) is 11.4 Å². The Hall–Kier alpha value is -3.24. The summed E-state index contributed by atoms with van der Waals surface area (Å²) >= 11 is 6.92. The van der Waals surface area contributed by atoms with Gasteiger partial charge in [-0.05, 0) is 79.4 Å². The molecule has 0 aliphatic rings. The number of hydrogen-bond donors (Lipinski definition) is 1. The van der Waals surface area contributed by atoms with Gasteiger partial charge in [-0.3, -0.25) is 14.9 Å². The van der Waals surface area contributed by atoms with E-state index < -0.39 is 4.92 Å². The Labute approximate surface area is 200 Å². The molecule has 0 spiro atoms. The van der Waals surface area contributed by atoms with Gasteiger partial charge in [0.25, 0.3) is 11.6 Å². The summed E-state index contributed by atoms with van der Waals surface area (Å²) in [6.45, 7) is 0.0876. The monoisotopic (exact) mass is 561 g/mol. The van der Waals surface area contributed by atoms with E-state index in [1.54, 1.807) is 36.4 Å². The summed E-state index contributed by atoms with van der Waals surface area (Å²) in [6, 6.07) is 18.7. The molecule has 32 heavy (non-hydrogen) atoms. The topological polar surface area (TPSA) is 103 Å². The highest BCUT2D eigenvalue weighted by Crippen LogP contribution is 2.35. The minimum Gasteiger partial charge on any atom is -0.487 e. The van der Waals surface area contributed by atoms with Crippen molar-refractivity contribution >= 4 is 49.7 Å². The Balaban J connectivity index is 1.54. The number of benzene rings is 3. The normalized spacial score (nSPS) is 10.7. The molecule has 10 heteroatoms. The molecule has 3 aromatic rings. The number of nitro benzene ring substituents is 1. The number of para-hydroxylation sites is 1. The summed E-state index contributed by atoms with van der Waals surface area (Å²) in [5.41, 5.74) is 3.95. The highest BCUT2D eigenvalue weighted by atomic mass is 79.9. The number of hydrogen-bond acceptors (Lipinski definition) is 6. The number of nitro groups is 1. The predicted molar refractivity (Wildman–Crippen MR) is 127 cm³/mol. The lowest BCUT2D eigenvalue weighted by Crippen LogP contribution is -2.24. The van der Waals surface area contributed by atoms with Crippen molar-refractivity contribution < 1.29 is 19.2 Å². The lowest BCUT2D eigenvalue weighted by molar-refractivity contribution is -0.384. The summed E-state index contributed by atoms with van der Waals surface area (Å²) in [5.74, 6) is 0.788. The molecular formula is C22H17Br2N3O5. The highest BCUT2D eigenvalue weighted by molar-refractivity contribution is 9.11. The smallest absolute Gasteiger partial charge is 0.277 e. The molecular weight excluding hydrogens is 546 g/mol. The zero-order valence-electron chi connectivity index (χ0n) is 16.5. The second kappa shape index (κ2) is 11.4. The van der Waals surface area contributed by atoms with Gasteiger partial charge in [-0.15, -0.1) is 0 Å². The first-order chi connectivity index (χ1) is 15.4. The molecule has 0 aliphatic heterocycles. The summed E-state index contributed by atoms with van der Waals surface area (Å²) < 4.78 is 12.5. The molecule has 3 rings (SSSR count). The van der Waals surface area contributed by atoms with Crippen molar-refractivity contribution in [1.29, 1.82) is 0 Å². The fourth-order valence-electron chi connectivity index (χ4n) is 2.54. The number of carbonyl (C=O) groups excluding carboxylic acids is 1. The molecule has 0 aliphatic carbocycles. The Morgan fingerprint density at radius 3 is 2.31 bits per heavy atom. The summed E-state index contributed by atoms with van der Waals surface area (Å²) in [7, 11) is 0. The van der Waals surface area contributed by atoms with Crippen molar-refractivity contribution in [3.8, 4) is 11.5 Å². The Morgan fingerprint density at radius 1 is 1.03 bits per heavy atom. The van der Waals surface area contributed by atoms with Crippen LogP contribution in [0.3, 0.4) is 0 Å². The fraction of sp³-hybridized carbons (Fsp3) is 0.0909. The van der Waals surface area contributed by atoms with Crippen molar-refractivity contribution in [3.05, 3.63) is 96.9 Å². The van der Waals surface area contributed by atoms with Gasteiger partial charge < -0.3 is 9.47 Å². The zero-order valence-corrected chi connectivity index (χ0v) is 19.7. The molecule has 0 atom stereocenters. The van der Waals surface area contributed by atoms with Crippen LogP contribution < -0.4 is 14.9 Å². The van der Waals surface area contributed by atoms with Crippen LogP contribution in [0.15, 0.2) is 80.8 Å². The van der Waals surface area contributed by atoms with E-state index >= 15 is 0 Å². The van der Waals surface area contributed by atoms with Crippen LogP contribution in [0.2, 0.25) is 0 Å². The first-order valence-electron chi connectivity index (χ1n) is 9.27. The van der Waals surface area contributed by atoms with Crippen molar-refractivity contribution in [3.63, 3.8) is 0 Å². The molecule has 0 unspecified atom stereocenters. The van der Waals surface area contributed by atoms with E-state index in [1.165, 1.54) is 18.3 Å². The van der Waals surface area contributed by atoms with Crippen LogP contribution >= 0.6 is 31.9 Å². The summed E-state index contributed by atoms with van der Waals surface area (Å²) in [5, 5.41) is 14.7. The van der Waals surface area contributed by atoms with E-state index in [-0.39, 0.29) is 24.8 Å². The molecule has 0 fully saturated rings. The zero-order chi connectivity index (χ0) is 22.9. The van der Waals surface area contributed by atoms with E-state index in [0.717, 1.165) is 11.1 Å². The maximum atomic E-state index is 11.8. The molecule has 3 aromatic carbocycles. The number of nitrogens with one attached hydrogen (secondary N) is 1. The van der Waals surface area contributed by atoms with Gasteiger partial charge in [0.05, 0.1) is 20.1 Å². The van der Waals surface area contributed by atoms with E-state index in [4.69, 9.17) is 9.47 Å². The lowest BCUT2D eigenvalue weighted by Gasteiger charge is -2.11. The average Bonchev–Trinajstić information content (AvgIpc) is 2.78. The molecule has 0 radical (unpaired) electrons. The molecule has 0 saturated heterocycles. The lowest BCUT2D eigenvalue weighted by atomic mass is 10.2. The van der Waals surface area contributed by atoms with Gasteiger partial charge in [-0.1, -0.05) is 18.2 Å². The Morgan fingerprint density at radius 2 is 1.69 bits per heavy atom. The second-order valence-corrected chi connectivity index (χ2v) is 8.13. The average molecular weight is 563 g/mol. The van der Waals surface area contributed by atoms with E-state index in [0.29, 0.717) is 20.4 Å². The van der Waals surface area contributed by atoms with Crippen LogP contribution in [0.1, 0.15) is 11.1 Å². The van der Waals surface area contributed by atoms with Crippen LogP contribution in [0.25, 0.3) is 0 Å². The SMILES string of the molecule is O=C(COc1ccccc1)N/N=C\c1cc(Br)c(OCc2ccc([N+](=O)[O-])cc2)c(Br)c1. The molecule has 164 valence electrons. The first kappa shape index (κ1) is 23.4. The molecule has 0 saturated carbocycles.